The topological polar surface area (TPSA) is 26.3 Å². The van der Waals surface area contributed by atoms with E-state index in [1.165, 1.54) is 11.1 Å². The number of carbonyl (C=O) groups excluding carboxylic acids is 1. The van der Waals surface area contributed by atoms with E-state index in [1.807, 2.05) is 48.5 Å². The van der Waals surface area contributed by atoms with E-state index in [-0.39, 0.29) is 11.4 Å². The van der Waals surface area contributed by atoms with E-state index in [2.05, 4.69) is 27.7 Å². The summed E-state index contributed by atoms with van der Waals surface area (Å²) in [6.07, 6.45) is 0.962. The number of rotatable bonds is 3. The van der Waals surface area contributed by atoms with Gasteiger partial charge in [0.1, 0.15) is 5.75 Å². The fourth-order valence-corrected chi connectivity index (χ4v) is 2.07. The van der Waals surface area contributed by atoms with Gasteiger partial charge in [-0.3, -0.25) is 0 Å². The van der Waals surface area contributed by atoms with Crippen LogP contribution in [-0.4, -0.2) is 5.97 Å². The van der Waals surface area contributed by atoms with Crippen molar-refractivity contribution in [3.8, 4) is 5.75 Å². The Bertz CT molecular complexity index is 602. The fraction of sp³-hybridized carbons (Fsp3) is 0.316. The van der Waals surface area contributed by atoms with Crippen LogP contribution in [0.2, 0.25) is 0 Å². The summed E-state index contributed by atoms with van der Waals surface area (Å²) in [6, 6.07) is 15.2. The summed E-state index contributed by atoms with van der Waals surface area (Å²) in [5.74, 6) is 0.258. The quantitative estimate of drug-likeness (QED) is 0.599. The van der Waals surface area contributed by atoms with E-state index in [4.69, 9.17) is 4.74 Å². The van der Waals surface area contributed by atoms with Crippen LogP contribution < -0.4 is 4.74 Å². The highest BCUT2D eigenvalue weighted by molar-refractivity contribution is 5.91. The molecule has 21 heavy (non-hydrogen) atoms. The minimum absolute atomic E-state index is 0.0958. The van der Waals surface area contributed by atoms with E-state index >= 15 is 0 Å². The zero-order valence-electron chi connectivity index (χ0n) is 13.1. The third-order valence-corrected chi connectivity index (χ3v) is 3.53. The van der Waals surface area contributed by atoms with Crippen LogP contribution in [0.25, 0.3) is 0 Å². The van der Waals surface area contributed by atoms with Crippen molar-refractivity contribution in [2.45, 2.75) is 39.5 Å². The van der Waals surface area contributed by atoms with Crippen molar-refractivity contribution in [2.75, 3.05) is 0 Å². The van der Waals surface area contributed by atoms with Gasteiger partial charge in [0, 0.05) is 0 Å². The molecule has 0 saturated heterocycles. The first-order valence-electron chi connectivity index (χ1n) is 7.32. The first-order chi connectivity index (χ1) is 9.90. The highest BCUT2D eigenvalue weighted by atomic mass is 16.5. The van der Waals surface area contributed by atoms with Crippen molar-refractivity contribution < 1.29 is 9.53 Å². The normalized spacial score (nSPS) is 11.2. The summed E-state index contributed by atoms with van der Waals surface area (Å²) in [4.78, 5) is 12.1. The Morgan fingerprint density at radius 3 is 2.00 bits per heavy atom. The van der Waals surface area contributed by atoms with Crippen LogP contribution in [0.4, 0.5) is 0 Å². The van der Waals surface area contributed by atoms with Gasteiger partial charge in [0.05, 0.1) is 5.56 Å². The van der Waals surface area contributed by atoms with Crippen molar-refractivity contribution in [1.82, 2.24) is 0 Å². The molecule has 2 rings (SSSR count). The Kier molecular flexibility index (Phi) is 4.46. The van der Waals surface area contributed by atoms with Gasteiger partial charge in [0.2, 0.25) is 0 Å². The van der Waals surface area contributed by atoms with Gasteiger partial charge in [-0.05, 0) is 47.2 Å². The van der Waals surface area contributed by atoms with Gasteiger partial charge in [-0.2, -0.15) is 0 Å². The Hall–Kier alpha value is -2.09. The average molecular weight is 282 g/mol. The molecule has 0 atom stereocenters. The number of esters is 1. The number of benzene rings is 2. The zero-order chi connectivity index (χ0) is 15.5. The van der Waals surface area contributed by atoms with E-state index in [0.717, 1.165) is 6.42 Å². The second-order valence-corrected chi connectivity index (χ2v) is 6.21. The van der Waals surface area contributed by atoms with Gasteiger partial charge in [0.15, 0.2) is 0 Å². The molecule has 0 spiro atoms. The first-order valence-corrected chi connectivity index (χ1v) is 7.32. The lowest BCUT2D eigenvalue weighted by atomic mass is 9.87. The predicted octanol–water partition coefficient (Wildman–Crippen LogP) is 4.77. The maximum absolute atomic E-state index is 12.1. The van der Waals surface area contributed by atoms with Gasteiger partial charge >= 0.3 is 5.97 Å². The summed E-state index contributed by atoms with van der Waals surface area (Å²) in [7, 11) is 0. The molecule has 0 amide bonds. The molecule has 2 nitrogen and oxygen atoms in total. The van der Waals surface area contributed by atoms with E-state index in [1.54, 1.807) is 0 Å². The number of hydrogen-bond donors (Lipinski definition) is 0. The molecule has 2 aromatic rings. The largest absolute Gasteiger partial charge is 0.423 e. The molecule has 0 unspecified atom stereocenters. The van der Waals surface area contributed by atoms with Crippen LogP contribution in [0.1, 0.15) is 49.2 Å². The second kappa shape index (κ2) is 6.13. The van der Waals surface area contributed by atoms with E-state index < -0.39 is 0 Å². The molecule has 0 N–H and O–H groups in total. The van der Waals surface area contributed by atoms with Crippen molar-refractivity contribution in [3.63, 3.8) is 0 Å². The van der Waals surface area contributed by atoms with Gasteiger partial charge in [0.25, 0.3) is 0 Å². The van der Waals surface area contributed by atoms with Gasteiger partial charge in [-0.25, -0.2) is 4.79 Å². The monoisotopic (exact) mass is 282 g/mol. The first kappa shape index (κ1) is 15.3. The van der Waals surface area contributed by atoms with Crippen LogP contribution in [0.15, 0.2) is 48.5 Å². The molecular weight excluding hydrogens is 260 g/mol. The fourth-order valence-electron chi connectivity index (χ4n) is 2.07. The Labute approximate surface area is 126 Å². The molecule has 110 valence electrons. The van der Waals surface area contributed by atoms with Gasteiger partial charge in [-0.1, -0.05) is 52.0 Å². The lowest BCUT2D eigenvalue weighted by Crippen LogP contribution is -2.11. The third-order valence-electron chi connectivity index (χ3n) is 3.53. The minimum Gasteiger partial charge on any atom is -0.423 e. The predicted molar refractivity (Wildman–Crippen MR) is 85.9 cm³/mol. The molecule has 0 aliphatic heterocycles. The third kappa shape index (κ3) is 3.94. The number of ether oxygens (including phenoxy) is 1. The minimum atomic E-state index is -0.318. The Morgan fingerprint density at radius 1 is 0.952 bits per heavy atom. The summed E-state index contributed by atoms with van der Waals surface area (Å²) >= 11 is 0. The maximum atomic E-state index is 12.1. The summed E-state index contributed by atoms with van der Waals surface area (Å²) in [6.45, 7) is 8.56. The second-order valence-electron chi connectivity index (χ2n) is 6.21. The molecule has 0 heterocycles. The summed E-state index contributed by atoms with van der Waals surface area (Å²) in [5.41, 5.74) is 3.10. The smallest absolute Gasteiger partial charge is 0.343 e. The van der Waals surface area contributed by atoms with Gasteiger partial charge in [-0.15, -0.1) is 0 Å². The van der Waals surface area contributed by atoms with Gasteiger partial charge < -0.3 is 4.74 Å². The Balaban J connectivity index is 2.08. The van der Waals surface area contributed by atoms with Crippen LogP contribution in [0, 0.1) is 0 Å². The molecule has 0 fully saturated rings. The highest BCUT2D eigenvalue weighted by Gasteiger charge is 2.14. The van der Waals surface area contributed by atoms with E-state index in [9.17, 15) is 4.79 Å². The summed E-state index contributed by atoms with van der Waals surface area (Å²) < 4.78 is 5.40. The van der Waals surface area contributed by atoms with Crippen LogP contribution in [0.5, 0.6) is 5.75 Å². The molecule has 0 aliphatic rings. The van der Waals surface area contributed by atoms with Crippen LogP contribution in [0.3, 0.4) is 0 Å². The lowest BCUT2D eigenvalue weighted by molar-refractivity contribution is 0.0734. The SMILES string of the molecule is CCc1ccc(C(=O)Oc2ccc(C(C)(C)C)cc2)cc1. The average Bonchev–Trinajstić information content (AvgIpc) is 2.47. The molecule has 0 radical (unpaired) electrons. The zero-order valence-corrected chi connectivity index (χ0v) is 13.1. The molecule has 0 bridgehead atoms. The van der Waals surface area contributed by atoms with Crippen LogP contribution >= 0.6 is 0 Å². The maximum Gasteiger partial charge on any atom is 0.343 e. The number of aryl methyl sites for hydroxylation is 1. The standard InChI is InChI=1S/C19H22O2/c1-5-14-6-8-15(9-7-14)18(20)21-17-12-10-16(11-13-17)19(2,3)4/h6-13H,5H2,1-4H3. The van der Waals surface area contributed by atoms with Crippen molar-refractivity contribution in [3.05, 3.63) is 65.2 Å². The number of carbonyl (C=O) groups is 1. The van der Waals surface area contributed by atoms with Crippen molar-refractivity contribution in [2.24, 2.45) is 0 Å². The molecule has 0 aromatic heterocycles. The molecule has 2 aromatic carbocycles. The highest BCUT2D eigenvalue weighted by Crippen LogP contribution is 2.24. The molecule has 0 saturated carbocycles. The summed E-state index contributed by atoms with van der Waals surface area (Å²) in [5, 5.41) is 0. The Morgan fingerprint density at radius 2 is 1.52 bits per heavy atom. The molecule has 2 heteroatoms. The lowest BCUT2D eigenvalue weighted by Gasteiger charge is -2.19. The number of hydrogen-bond acceptors (Lipinski definition) is 2. The van der Waals surface area contributed by atoms with Crippen molar-refractivity contribution in [1.29, 1.82) is 0 Å². The van der Waals surface area contributed by atoms with Crippen LogP contribution in [-0.2, 0) is 11.8 Å². The molecular formula is C19H22O2. The molecule has 0 aliphatic carbocycles. The van der Waals surface area contributed by atoms with E-state index in [0.29, 0.717) is 11.3 Å². The van der Waals surface area contributed by atoms with Crippen molar-refractivity contribution >= 4 is 5.97 Å².